The van der Waals surface area contributed by atoms with Gasteiger partial charge in [0.05, 0.1) is 12.9 Å². The van der Waals surface area contributed by atoms with Crippen molar-refractivity contribution in [2.45, 2.75) is 19.6 Å². The molecule has 3 rings (SSSR count). The fourth-order valence-corrected chi connectivity index (χ4v) is 3.99. The van der Waals surface area contributed by atoms with Crippen LogP contribution in [0.25, 0.3) is 21.2 Å². The average Bonchev–Trinajstić information content (AvgIpc) is 3.11. The molecular formula is C20H22O2S2. The predicted molar refractivity (Wildman–Crippen MR) is 107 cm³/mol. The van der Waals surface area contributed by atoms with Crippen LogP contribution in [0.4, 0.5) is 0 Å². The van der Waals surface area contributed by atoms with Crippen molar-refractivity contribution in [3.8, 4) is 11.1 Å². The van der Waals surface area contributed by atoms with Gasteiger partial charge in [-0.1, -0.05) is 44.2 Å². The average molecular weight is 359 g/mol. The minimum absolute atomic E-state index is 0.179. The Morgan fingerprint density at radius 3 is 2.71 bits per heavy atom. The van der Waals surface area contributed by atoms with E-state index in [0.29, 0.717) is 5.75 Å². The summed E-state index contributed by atoms with van der Waals surface area (Å²) in [7, 11) is 1.42. The molecule has 0 aliphatic rings. The Hall–Kier alpha value is -1.78. The van der Waals surface area contributed by atoms with Gasteiger partial charge in [-0.25, -0.2) is 0 Å². The van der Waals surface area contributed by atoms with E-state index in [4.69, 9.17) is 0 Å². The van der Waals surface area contributed by atoms with E-state index in [2.05, 4.69) is 52.6 Å². The van der Waals surface area contributed by atoms with Crippen LogP contribution in [0.2, 0.25) is 0 Å². The number of hydrogen-bond acceptors (Lipinski definition) is 4. The third-order valence-corrected chi connectivity index (χ3v) is 5.34. The number of carbonyl (C=O) groups excluding carboxylic acids is 1. The lowest BCUT2D eigenvalue weighted by molar-refractivity contribution is -0.137. The molecular weight excluding hydrogens is 336 g/mol. The summed E-state index contributed by atoms with van der Waals surface area (Å²) in [5, 5.41) is 3.39. The number of benzene rings is 2. The Morgan fingerprint density at radius 2 is 1.92 bits per heavy atom. The van der Waals surface area contributed by atoms with Gasteiger partial charge >= 0.3 is 5.97 Å². The van der Waals surface area contributed by atoms with E-state index < -0.39 is 0 Å². The normalized spacial score (nSPS) is 10.1. The second-order valence-corrected chi connectivity index (χ2v) is 6.83. The Labute approximate surface area is 151 Å². The highest BCUT2D eigenvalue weighted by atomic mass is 32.2. The first kappa shape index (κ1) is 18.6. The molecule has 0 unspecified atom stereocenters. The molecule has 0 aliphatic heterocycles. The molecule has 1 heterocycles. The van der Waals surface area contributed by atoms with Crippen LogP contribution >= 0.6 is 23.1 Å². The van der Waals surface area contributed by atoms with Gasteiger partial charge in [0.1, 0.15) is 0 Å². The van der Waals surface area contributed by atoms with Gasteiger partial charge in [-0.3, -0.25) is 4.79 Å². The highest BCUT2D eigenvalue weighted by Gasteiger charge is 2.07. The largest absolute Gasteiger partial charge is 0.468 e. The summed E-state index contributed by atoms with van der Waals surface area (Å²) in [4.78, 5) is 11.2. The van der Waals surface area contributed by atoms with Crippen LogP contribution in [-0.2, 0) is 15.3 Å². The zero-order valence-electron chi connectivity index (χ0n) is 14.2. The molecule has 126 valence electrons. The van der Waals surface area contributed by atoms with Crippen molar-refractivity contribution in [3.05, 3.63) is 59.5 Å². The molecule has 0 bridgehead atoms. The minimum Gasteiger partial charge on any atom is -0.468 e. The van der Waals surface area contributed by atoms with Crippen LogP contribution in [0.15, 0.2) is 53.9 Å². The maximum Gasteiger partial charge on any atom is 0.315 e. The van der Waals surface area contributed by atoms with Gasteiger partial charge in [-0.2, -0.15) is 0 Å². The highest BCUT2D eigenvalue weighted by Crippen LogP contribution is 2.31. The molecule has 0 N–H and O–H groups in total. The molecule has 2 nitrogen and oxygen atoms in total. The van der Waals surface area contributed by atoms with E-state index in [1.165, 1.54) is 33.9 Å². The van der Waals surface area contributed by atoms with E-state index in [1.54, 1.807) is 23.1 Å². The molecule has 0 atom stereocenters. The van der Waals surface area contributed by atoms with Crippen molar-refractivity contribution < 1.29 is 9.53 Å². The molecule has 0 spiro atoms. The van der Waals surface area contributed by atoms with E-state index in [1.807, 2.05) is 19.9 Å². The van der Waals surface area contributed by atoms with Crippen molar-refractivity contribution in [3.63, 3.8) is 0 Å². The number of fused-ring (bicyclic) bond motifs is 1. The summed E-state index contributed by atoms with van der Waals surface area (Å²) in [6.07, 6.45) is 0. The van der Waals surface area contributed by atoms with E-state index in [0.717, 1.165) is 5.75 Å². The van der Waals surface area contributed by atoms with Crippen molar-refractivity contribution in [2.24, 2.45) is 0 Å². The Bertz CT molecular complexity index is 793. The lowest BCUT2D eigenvalue weighted by atomic mass is 10.00. The molecule has 1 aromatic heterocycles. The third-order valence-electron chi connectivity index (χ3n) is 3.49. The zero-order chi connectivity index (χ0) is 17.4. The molecule has 24 heavy (non-hydrogen) atoms. The standard InChI is InChI=1S/C18H16O2S2.C2H6/c1-20-18(19)12-21-11-15-4-2-3-5-16(15)13-6-7-17-14(10-13)8-9-22-17;1-2/h2-10H,11-12H2,1H3;1-2H3. The lowest BCUT2D eigenvalue weighted by Crippen LogP contribution is -2.03. The molecule has 0 saturated heterocycles. The summed E-state index contributed by atoms with van der Waals surface area (Å²) in [6.45, 7) is 4.00. The predicted octanol–water partition coefficient (Wildman–Crippen LogP) is 6.00. The van der Waals surface area contributed by atoms with Crippen LogP contribution < -0.4 is 0 Å². The Kier molecular flexibility index (Phi) is 7.35. The fourth-order valence-electron chi connectivity index (χ4n) is 2.37. The quantitative estimate of drug-likeness (QED) is 0.523. The summed E-state index contributed by atoms with van der Waals surface area (Å²) >= 11 is 3.34. The van der Waals surface area contributed by atoms with Crippen molar-refractivity contribution in [1.82, 2.24) is 0 Å². The second kappa shape index (κ2) is 9.50. The summed E-state index contributed by atoms with van der Waals surface area (Å²) in [5.41, 5.74) is 3.69. The third kappa shape index (κ3) is 4.62. The summed E-state index contributed by atoms with van der Waals surface area (Å²) in [6, 6.07) is 17.1. The highest BCUT2D eigenvalue weighted by molar-refractivity contribution is 7.99. The van der Waals surface area contributed by atoms with Crippen LogP contribution in [0.3, 0.4) is 0 Å². The number of hydrogen-bond donors (Lipinski definition) is 0. The lowest BCUT2D eigenvalue weighted by Gasteiger charge is -2.09. The van der Waals surface area contributed by atoms with Gasteiger partial charge in [0, 0.05) is 10.5 Å². The number of carbonyl (C=O) groups is 1. The number of ether oxygens (including phenoxy) is 1. The summed E-state index contributed by atoms with van der Waals surface area (Å²) in [5.74, 6) is 1.00. The van der Waals surface area contributed by atoms with Gasteiger partial charge in [-0.05, 0) is 45.7 Å². The van der Waals surface area contributed by atoms with Gasteiger partial charge in [0.15, 0.2) is 0 Å². The number of thiophene rings is 1. The van der Waals surface area contributed by atoms with Gasteiger partial charge in [-0.15, -0.1) is 23.1 Å². The van der Waals surface area contributed by atoms with E-state index in [-0.39, 0.29) is 5.97 Å². The maximum atomic E-state index is 11.2. The Balaban J connectivity index is 0.00000100. The number of methoxy groups -OCH3 is 1. The van der Waals surface area contributed by atoms with Gasteiger partial charge in [0.25, 0.3) is 0 Å². The smallest absolute Gasteiger partial charge is 0.315 e. The van der Waals surface area contributed by atoms with Crippen molar-refractivity contribution in [1.29, 1.82) is 0 Å². The monoisotopic (exact) mass is 358 g/mol. The van der Waals surface area contributed by atoms with Crippen LogP contribution in [-0.4, -0.2) is 18.8 Å². The van der Waals surface area contributed by atoms with Crippen molar-refractivity contribution in [2.75, 3.05) is 12.9 Å². The second-order valence-electron chi connectivity index (χ2n) is 4.90. The Morgan fingerprint density at radius 1 is 1.12 bits per heavy atom. The first-order valence-electron chi connectivity index (χ1n) is 7.98. The topological polar surface area (TPSA) is 26.3 Å². The van der Waals surface area contributed by atoms with Crippen LogP contribution in [0.5, 0.6) is 0 Å². The molecule has 0 aliphatic carbocycles. The molecule has 2 aromatic carbocycles. The molecule has 0 fully saturated rings. The van der Waals surface area contributed by atoms with Gasteiger partial charge < -0.3 is 4.74 Å². The first-order chi connectivity index (χ1) is 11.8. The van der Waals surface area contributed by atoms with Crippen molar-refractivity contribution >= 4 is 39.2 Å². The number of thioether (sulfide) groups is 1. The van der Waals surface area contributed by atoms with Crippen LogP contribution in [0.1, 0.15) is 19.4 Å². The van der Waals surface area contributed by atoms with E-state index >= 15 is 0 Å². The number of esters is 1. The van der Waals surface area contributed by atoms with E-state index in [9.17, 15) is 4.79 Å². The fraction of sp³-hybridized carbons (Fsp3) is 0.250. The molecule has 0 saturated carbocycles. The molecule has 3 aromatic rings. The van der Waals surface area contributed by atoms with Gasteiger partial charge in [0.2, 0.25) is 0 Å². The molecule has 0 amide bonds. The first-order valence-corrected chi connectivity index (χ1v) is 10.0. The molecule has 0 radical (unpaired) electrons. The SMILES string of the molecule is CC.COC(=O)CSCc1ccccc1-c1ccc2sccc2c1. The molecule has 4 heteroatoms. The summed E-state index contributed by atoms with van der Waals surface area (Å²) < 4.78 is 5.99. The maximum absolute atomic E-state index is 11.2. The minimum atomic E-state index is -0.179. The van der Waals surface area contributed by atoms with Crippen LogP contribution in [0, 0.1) is 0 Å². The zero-order valence-corrected chi connectivity index (χ0v) is 15.9. The number of rotatable bonds is 5.